The van der Waals surface area contributed by atoms with Gasteiger partial charge in [-0.1, -0.05) is 0 Å². The van der Waals surface area contributed by atoms with E-state index in [-0.39, 0.29) is 5.56 Å². The molecule has 1 aliphatic rings. The summed E-state index contributed by atoms with van der Waals surface area (Å²) >= 11 is 0. The molecule has 1 fully saturated rings. The van der Waals surface area contributed by atoms with Crippen molar-refractivity contribution in [2.24, 2.45) is 5.92 Å². The highest BCUT2D eigenvalue weighted by Gasteiger charge is 2.15. The number of aryl methyl sites for hydroxylation is 1. The van der Waals surface area contributed by atoms with Crippen LogP contribution in [0, 0.1) is 12.8 Å². The van der Waals surface area contributed by atoms with E-state index >= 15 is 0 Å². The summed E-state index contributed by atoms with van der Waals surface area (Å²) in [5, 5.41) is 3.31. The zero-order valence-electron chi connectivity index (χ0n) is 8.34. The molecule has 0 radical (unpaired) electrons. The molecule has 0 amide bonds. The first-order valence-electron chi connectivity index (χ1n) is 5.01. The monoisotopic (exact) mass is 193 g/mol. The van der Waals surface area contributed by atoms with E-state index in [4.69, 9.17) is 0 Å². The van der Waals surface area contributed by atoms with E-state index in [1.165, 1.54) is 6.42 Å². The Labute approximate surface area is 82.8 Å². The zero-order valence-corrected chi connectivity index (χ0v) is 8.34. The smallest absolute Gasteiger partial charge is 0.251 e. The van der Waals surface area contributed by atoms with Gasteiger partial charge in [0.05, 0.1) is 0 Å². The Bertz CT molecular complexity index is 366. The molecule has 14 heavy (non-hydrogen) atoms. The Hall–Kier alpha value is -1.16. The SMILES string of the molecule is Cc1nc(CC2CCNC2)cc(=O)[nH]1. The van der Waals surface area contributed by atoms with Gasteiger partial charge in [0, 0.05) is 11.8 Å². The number of hydrogen-bond acceptors (Lipinski definition) is 3. The van der Waals surface area contributed by atoms with Gasteiger partial charge in [0.1, 0.15) is 5.82 Å². The molecule has 2 rings (SSSR count). The average molecular weight is 193 g/mol. The van der Waals surface area contributed by atoms with Crippen LogP contribution in [0.25, 0.3) is 0 Å². The van der Waals surface area contributed by atoms with Gasteiger partial charge < -0.3 is 10.3 Å². The van der Waals surface area contributed by atoms with Crippen LogP contribution in [-0.2, 0) is 6.42 Å². The molecule has 0 aliphatic carbocycles. The summed E-state index contributed by atoms with van der Waals surface area (Å²) in [7, 11) is 0. The average Bonchev–Trinajstić information content (AvgIpc) is 2.54. The Morgan fingerprint density at radius 2 is 2.50 bits per heavy atom. The topological polar surface area (TPSA) is 57.8 Å². The molecule has 2 heterocycles. The van der Waals surface area contributed by atoms with Crippen LogP contribution in [0.4, 0.5) is 0 Å². The zero-order chi connectivity index (χ0) is 9.97. The third kappa shape index (κ3) is 2.20. The minimum atomic E-state index is -0.0431. The molecule has 1 unspecified atom stereocenters. The predicted octanol–water partition coefficient (Wildman–Crippen LogP) is 0.230. The van der Waals surface area contributed by atoms with Crippen LogP contribution in [0.5, 0.6) is 0 Å². The van der Waals surface area contributed by atoms with Crippen molar-refractivity contribution in [1.29, 1.82) is 0 Å². The van der Waals surface area contributed by atoms with E-state index < -0.39 is 0 Å². The molecule has 0 spiro atoms. The van der Waals surface area contributed by atoms with Crippen LogP contribution in [0.15, 0.2) is 10.9 Å². The van der Waals surface area contributed by atoms with Crippen molar-refractivity contribution in [3.05, 3.63) is 27.9 Å². The third-order valence-electron chi connectivity index (χ3n) is 2.57. The summed E-state index contributed by atoms with van der Waals surface area (Å²) in [4.78, 5) is 18.1. The van der Waals surface area contributed by atoms with Gasteiger partial charge in [0.25, 0.3) is 5.56 Å². The number of nitrogens with zero attached hydrogens (tertiary/aromatic N) is 1. The van der Waals surface area contributed by atoms with E-state index in [9.17, 15) is 4.79 Å². The molecule has 1 aliphatic heterocycles. The summed E-state index contributed by atoms with van der Waals surface area (Å²) in [6.45, 7) is 3.96. The Kier molecular flexibility index (Phi) is 2.63. The van der Waals surface area contributed by atoms with Gasteiger partial charge >= 0.3 is 0 Å². The fraction of sp³-hybridized carbons (Fsp3) is 0.600. The minimum Gasteiger partial charge on any atom is -0.316 e. The lowest BCUT2D eigenvalue weighted by atomic mass is 10.0. The molecule has 0 saturated carbocycles. The van der Waals surface area contributed by atoms with Crippen molar-refractivity contribution in [1.82, 2.24) is 15.3 Å². The van der Waals surface area contributed by atoms with Gasteiger partial charge in [-0.05, 0) is 38.8 Å². The van der Waals surface area contributed by atoms with E-state index in [0.717, 1.165) is 25.2 Å². The quantitative estimate of drug-likeness (QED) is 0.707. The van der Waals surface area contributed by atoms with Crippen molar-refractivity contribution in [2.75, 3.05) is 13.1 Å². The molecule has 1 aromatic heterocycles. The molecule has 2 N–H and O–H groups in total. The summed E-state index contributed by atoms with van der Waals surface area (Å²) in [6, 6.07) is 1.60. The van der Waals surface area contributed by atoms with Gasteiger partial charge in [-0.25, -0.2) is 4.98 Å². The van der Waals surface area contributed by atoms with Gasteiger partial charge in [0.15, 0.2) is 0 Å². The highest BCUT2D eigenvalue weighted by atomic mass is 16.1. The van der Waals surface area contributed by atoms with Crippen LogP contribution >= 0.6 is 0 Å². The number of rotatable bonds is 2. The summed E-state index contributed by atoms with van der Waals surface area (Å²) in [6.07, 6.45) is 2.10. The lowest BCUT2D eigenvalue weighted by Gasteiger charge is -2.06. The maximum atomic E-state index is 11.2. The molecule has 0 bridgehead atoms. The van der Waals surface area contributed by atoms with Crippen molar-refractivity contribution >= 4 is 0 Å². The Morgan fingerprint density at radius 1 is 1.64 bits per heavy atom. The number of H-pyrrole nitrogens is 1. The Balaban J connectivity index is 2.11. The second-order valence-corrected chi connectivity index (χ2v) is 3.89. The molecule has 4 nitrogen and oxygen atoms in total. The predicted molar refractivity (Wildman–Crippen MR) is 54.3 cm³/mol. The number of aromatic amines is 1. The van der Waals surface area contributed by atoms with Crippen LogP contribution in [0.3, 0.4) is 0 Å². The van der Waals surface area contributed by atoms with E-state index in [1.54, 1.807) is 6.07 Å². The molecule has 1 aromatic rings. The molecular formula is C10H15N3O. The van der Waals surface area contributed by atoms with Gasteiger partial charge in [-0.2, -0.15) is 0 Å². The number of hydrogen-bond donors (Lipinski definition) is 2. The first kappa shape index (κ1) is 9.40. The second-order valence-electron chi connectivity index (χ2n) is 3.89. The number of nitrogens with one attached hydrogen (secondary N) is 2. The normalized spacial score (nSPS) is 21.4. The first-order chi connectivity index (χ1) is 6.74. The fourth-order valence-electron chi connectivity index (χ4n) is 1.93. The molecule has 1 atom stereocenters. The van der Waals surface area contributed by atoms with Gasteiger partial charge in [-0.3, -0.25) is 4.79 Å². The third-order valence-corrected chi connectivity index (χ3v) is 2.57. The maximum absolute atomic E-state index is 11.2. The van der Waals surface area contributed by atoms with Gasteiger partial charge in [0.2, 0.25) is 0 Å². The van der Waals surface area contributed by atoms with Crippen LogP contribution in [0.2, 0.25) is 0 Å². The molecule has 4 heteroatoms. The van der Waals surface area contributed by atoms with E-state index in [0.29, 0.717) is 11.7 Å². The summed E-state index contributed by atoms with van der Waals surface area (Å²) in [5.41, 5.74) is 0.874. The van der Waals surface area contributed by atoms with Crippen molar-refractivity contribution in [3.63, 3.8) is 0 Å². The van der Waals surface area contributed by atoms with Crippen LogP contribution in [0.1, 0.15) is 17.9 Å². The molecule has 1 saturated heterocycles. The molecular weight excluding hydrogens is 178 g/mol. The standard InChI is InChI=1S/C10H15N3O/c1-7-12-9(5-10(14)13-7)4-8-2-3-11-6-8/h5,8,11H,2-4,6H2,1H3,(H,12,13,14). The van der Waals surface area contributed by atoms with Crippen LogP contribution in [-0.4, -0.2) is 23.1 Å². The lowest BCUT2D eigenvalue weighted by molar-refractivity contribution is 0.569. The largest absolute Gasteiger partial charge is 0.316 e. The van der Waals surface area contributed by atoms with E-state index in [2.05, 4.69) is 15.3 Å². The second kappa shape index (κ2) is 3.92. The summed E-state index contributed by atoms with van der Waals surface area (Å²) < 4.78 is 0. The Morgan fingerprint density at radius 3 is 3.14 bits per heavy atom. The van der Waals surface area contributed by atoms with Gasteiger partial charge in [-0.15, -0.1) is 0 Å². The highest BCUT2D eigenvalue weighted by molar-refractivity contribution is 5.03. The maximum Gasteiger partial charge on any atom is 0.251 e. The highest BCUT2D eigenvalue weighted by Crippen LogP contribution is 2.12. The first-order valence-corrected chi connectivity index (χ1v) is 5.01. The van der Waals surface area contributed by atoms with Crippen molar-refractivity contribution < 1.29 is 0 Å². The minimum absolute atomic E-state index is 0.0431. The lowest BCUT2D eigenvalue weighted by Crippen LogP contribution is -2.15. The van der Waals surface area contributed by atoms with Crippen molar-refractivity contribution in [3.8, 4) is 0 Å². The number of aromatic nitrogens is 2. The van der Waals surface area contributed by atoms with Crippen molar-refractivity contribution in [2.45, 2.75) is 19.8 Å². The summed E-state index contributed by atoms with van der Waals surface area (Å²) in [5.74, 6) is 1.35. The molecule has 0 aromatic carbocycles. The fourth-order valence-corrected chi connectivity index (χ4v) is 1.93. The molecule has 76 valence electrons. The van der Waals surface area contributed by atoms with E-state index in [1.807, 2.05) is 6.92 Å². The van der Waals surface area contributed by atoms with Crippen LogP contribution < -0.4 is 10.9 Å².